The number of rotatable bonds is 3. The van der Waals surface area contributed by atoms with Gasteiger partial charge in [0.05, 0.1) is 15.9 Å². The lowest BCUT2D eigenvalue weighted by Gasteiger charge is -2.22. The molecule has 2 aromatic carbocycles. The fourth-order valence-corrected chi connectivity index (χ4v) is 4.88. The molecule has 0 atom stereocenters. The van der Waals surface area contributed by atoms with E-state index in [9.17, 15) is 8.42 Å². The van der Waals surface area contributed by atoms with Gasteiger partial charge in [-0.1, -0.05) is 43.5 Å². The largest absolute Gasteiger partial charge is 0.269 e. The van der Waals surface area contributed by atoms with Crippen molar-refractivity contribution in [2.24, 2.45) is 0 Å². The van der Waals surface area contributed by atoms with Crippen LogP contribution >= 0.6 is 0 Å². The monoisotopic (exact) mass is 340 g/mol. The van der Waals surface area contributed by atoms with Gasteiger partial charge in [0.2, 0.25) is 0 Å². The molecule has 1 aromatic heterocycles. The van der Waals surface area contributed by atoms with E-state index in [1.165, 1.54) is 48.0 Å². The highest BCUT2D eigenvalue weighted by molar-refractivity contribution is 7.90. The maximum atomic E-state index is 12.9. The van der Waals surface area contributed by atoms with Crippen molar-refractivity contribution >= 4 is 21.1 Å². The number of imidazole rings is 1. The van der Waals surface area contributed by atoms with Crippen molar-refractivity contribution in [1.29, 1.82) is 0 Å². The van der Waals surface area contributed by atoms with Crippen LogP contribution in [0.2, 0.25) is 0 Å². The highest BCUT2D eigenvalue weighted by Crippen LogP contribution is 2.33. The van der Waals surface area contributed by atoms with E-state index in [1.807, 2.05) is 30.3 Å². The highest BCUT2D eigenvalue weighted by Gasteiger charge is 2.21. The molecule has 1 fully saturated rings. The third-order valence-corrected chi connectivity index (χ3v) is 6.61. The number of benzene rings is 2. The molecule has 3 aromatic rings. The second-order valence-electron chi connectivity index (χ2n) is 6.44. The summed E-state index contributed by atoms with van der Waals surface area (Å²) in [6.45, 7) is 0. The van der Waals surface area contributed by atoms with E-state index in [2.05, 4.69) is 4.98 Å². The van der Waals surface area contributed by atoms with E-state index in [1.54, 1.807) is 18.2 Å². The van der Waals surface area contributed by atoms with E-state index in [0.717, 1.165) is 0 Å². The average Bonchev–Trinajstić information content (AvgIpc) is 3.07. The number of hydrogen-bond acceptors (Lipinski definition) is 3. The summed E-state index contributed by atoms with van der Waals surface area (Å²) in [6.07, 6.45) is 7.65. The number of fused-ring (bicyclic) bond motifs is 1. The highest BCUT2D eigenvalue weighted by atomic mass is 32.2. The summed E-state index contributed by atoms with van der Waals surface area (Å²) in [4.78, 5) is 4.50. The second kappa shape index (κ2) is 6.06. The molecule has 1 heterocycles. The average molecular weight is 340 g/mol. The molecule has 4 nitrogen and oxygen atoms in total. The van der Waals surface area contributed by atoms with Crippen LogP contribution in [-0.4, -0.2) is 17.4 Å². The Hall–Kier alpha value is -2.14. The molecule has 0 amide bonds. The summed E-state index contributed by atoms with van der Waals surface area (Å²) < 4.78 is 27.1. The maximum Gasteiger partial charge on any atom is 0.269 e. The van der Waals surface area contributed by atoms with Crippen LogP contribution in [0.1, 0.15) is 43.6 Å². The van der Waals surface area contributed by atoms with Crippen molar-refractivity contribution in [3.8, 4) is 0 Å². The van der Waals surface area contributed by atoms with Gasteiger partial charge in [0, 0.05) is 0 Å². The molecule has 1 saturated carbocycles. The maximum absolute atomic E-state index is 12.9. The number of hydrogen-bond donors (Lipinski definition) is 0. The standard InChI is InChI=1S/C19H20N2O2S/c22-24(23,21-14-20-18-8-4-5-9-19(18)21)17-12-10-16(11-13-17)15-6-2-1-3-7-15/h4-5,8-15H,1-3,6-7H2. The summed E-state index contributed by atoms with van der Waals surface area (Å²) in [5.41, 5.74) is 2.54. The molecular formula is C19H20N2O2S. The molecule has 1 aliphatic carbocycles. The topological polar surface area (TPSA) is 52.0 Å². The zero-order chi connectivity index (χ0) is 16.6. The first-order valence-corrected chi connectivity index (χ1v) is 9.88. The lowest BCUT2D eigenvalue weighted by Crippen LogP contribution is -2.12. The van der Waals surface area contributed by atoms with Gasteiger partial charge in [0.15, 0.2) is 0 Å². The summed E-state index contributed by atoms with van der Waals surface area (Å²) in [6, 6.07) is 14.7. The van der Waals surface area contributed by atoms with Crippen LogP contribution in [0.15, 0.2) is 59.8 Å². The minimum Gasteiger partial charge on any atom is -0.236 e. The quantitative estimate of drug-likeness (QED) is 0.713. The van der Waals surface area contributed by atoms with Gasteiger partial charge in [-0.3, -0.25) is 0 Å². The van der Waals surface area contributed by atoms with E-state index in [4.69, 9.17) is 0 Å². The van der Waals surface area contributed by atoms with Crippen LogP contribution in [0.4, 0.5) is 0 Å². The smallest absolute Gasteiger partial charge is 0.236 e. The lowest BCUT2D eigenvalue weighted by molar-refractivity contribution is 0.443. The fourth-order valence-electron chi connectivity index (χ4n) is 3.59. The summed E-state index contributed by atoms with van der Waals surface area (Å²) >= 11 is 0. The Labute approximate surface area is 142 Å². The van der Waals surface area contributed by atoms with E-state index < -0.39 is 10.0 Å². The Kier molecular flexibility index (Phi) is 3.88. The number of nitrogens with zero attached hydrogens (tertiary/aromatic N) is 2. The lowest BCUT2D eigenvalue weighted by atomic mass is 9.84. The van der Waals surface area contributed by atoms with Gasteiger partial charge in [-0.2, -0.15) is 0 Å². The van der Waals surface area contributed by atoms with E-state index in [0.29, 0.717) is 21.8 Å². The fraction of sp³-hybridized carbons (Fsp3) is 0.316. The van der Waals surface area contributed by atoms with Crippen molar-refractivity contribution in [3.63, 3.8) is 0 Å². The number of aromatic nitrogens is 2. The van der Waals surface area contributed by atoms with Crippen molar-refractivity contribution in [2.75, 3.05) is 0 Å². The first-order chi connectivity index (χ1) is 11.7. The molecule has 1 aliphatic rings. The van der Waals surface area contributed by atoms with Crippen LogP contribution in [0, 0.1) is 0 Å². The van der Waals surface area contributed by atoms with Gasteiger partial charge < -0.3 is 0 Å². The predicted octanol–water partition coefficient (Wildman–Crippen LogP) is 4.32. The van der Waals surface area contributed by atoms with Gasteiger partial charge in [-0.05, 0) is 48.6 Å². The van der Waals surface area contributed by atoms with E-state index in [-0.39, 0.29) is 0 Å². The molecule has 0 bridgehead atoms. The zero-order valence-corrected chi connectivity index (χ0v) is 14.2. The van der Waals surface area contributed by atoms with Crippen molar-refractivity contribution in [1.82, 2.24) is 8.96 Å². The SMILES string of the molecule is O=S(=O)(c1ccc(C2CCCCC2)cc1)n1cnc2ccccc21. The van der Waals surface area contributed by atoms with Crippen LogP contribution in [0.25, 0.3) is 11.0 Å². The number of para-hydroxylation sites is 2. The van der Waals surface area contributed by atoms with Gasteiger partial charge in [-0.25, -0.2) is 17.4 Å². The third-order valence-electron chi connectivity index (χ3n) is 4.93. The molecule has 0 radical (unpaired) electrons. The molecule has 0 saturated heterocycles. The Bertz CT molecular complexity index is 952. The van der Waals surface area contributed by atoms with Crippen molar-refractivity contribution in [3.05, 3.63) is 60.4 Å². The van der Waals surface area contributed by atoms with Gasteiger partial charge in [-0.15, -0.1) is 0 Å². The minimum atomic E-state index is -3.62. The van der Waals surface area contributed by atoms with Gasteiger partial charge in [0.1, 0.15) is 6.33 Å². The van der Waals surface area contributed by atoms with Crippen LogP contribution < -0.4 is 0 Å². The van der Waals surface area contributed by atoms with Crippen LogP contribution in [-0.2, 0) is 10.0 Å². The first kappa shape index (κ1) is 15.4. The second-order valence-corrected chi connectivity index (χ2v) is 8.25. The van der Waals surface area contributed by atoms with Crippen molar-refractivity contribution in [2.45, 2.75) is 42.9 Å². The molecular weight excluding hydrogens is 320 g/mol. The van der Waals surface area contributed by atoms with E-state index >= 15 is 0 Å². The normalized spacial score (nSPS) is 16.5. The molecule has 4 rings (SSSR count). The summed E-state index contributed by atoms with van der Waals surface area (Å²) in [7, 11) is -3.62. The summed E-state index contributed by atoms with van der Waals surface area (Å²) in [5, 5.41) is 0. The van der Waals surface area contributed by atoms with Crippen molar-refractivity contribution < 1.29 is 8.42 Å². The molecule has 0 N–H and O–H groups in total. The summed E-state index contributed by atoms with van der Waals surface area (Å²) in [5.74, 6) is 0.574. The predicted molar refractivity (Wildman–Crippen MR) is 94.6 cm³/mol. The first-order valence-electron chi connectivity index (χ1n) is 8.44. The Morgan fingerprint density at radius 2 is 1.62 bits per heavy atom. The Morgan fingerprint density at radius 3 is 2.38 bits per heavy atom. The molecule has 124 valence electrons. The Balaban J connectivity index is 1.69. The van der Waals surface area contributed by atoms with Crippen LogP contribution in [0.3, 0.4) is 0 Å². The molecule has 0 unspecified atom stereocenters. The molecule has 0 aliphatic heterocycles. The Morgan fingerprint density at radius 1 is 0.917 bits per heavy atom. The minimum absolute atomic E-state index is 0.310. The zero-order valence-electron chi connectivity index (χ0n) is 13.4. The molecule has 24 heavy (non-hydrogen) atoms. The molecule has 0 spiro atoms. The third kappa shape index (κ3) is 2.63. The van der Waals surface area contributed by atoms with Gasteiger partial charge in [0.25, 0.3) is 10.0 Å². The van der Waals surface area contributed by atoms with Crippen LogP contribution in [0.5, 0.6) is 0 Å². The molecule has 5 heteroatoms. The van der Waals surface area contributed by atoms with Gasteiger partial charge >= 0.3 is 0 Å².